The molecular weight excluding hydrogens is 473 g/mol. The van der Waals surface area contributed by atoms with Gasteiger partial charge >= 0.3 is 6.03 Å². The number of aromatic nitrogens is 1. The van der Waals surface area contributed by atoms with Gasteiger partial charge < -0.3 is 15.4 Å². The number of hydrogen-bond donors (Lipinski definition) is 4. The van der Waals surface area contributed by atoms with Crippen LogP contribution in [0.5, 0.6) is 0 Å². The minimum absolute atomic E-state index is 0.0701. The molecule has 2 unspecified atom stereocenters. The van der Waals surface area contributed by atoms with Crippen LogP contribution < -0.4 is 20.7 Å². The number of sulfonamides is 1. The summed E-state index contributed by atoms with van der Waals surface area (Å²) in [5.41, 5.74) is 1.33. The van der Waals surface area contributed by atoms with Crippen LogP contribution in [0.25, 0.3) is 0 Å². The molecule has 1 saturated heterocycles. The lowest BCUT2D eigenvalue weighted by Gasteiger charge is -2.36. The first-order valence-corrected chi connectivity index (χ1v) is 13.5. The molecule has 190 valence electrons. The van der Waals surface area contributed by atoms with Crippen LogP contribution in [0.1, 0.15) is 44.1 Å². The molecule has 0 spiro atoms. The number of amides is 2. The number of carbonyl (C=O) groups is 1. The van der Waals surface area contributed by atoms with E-state index in [4.69, 9.17) is 4.74 Å². The molecule has 2 aliphatic rings. The Morgan fingerprint density at radius 1 is 1.11 bits per heavy atom. The average molecular weight is 506 g/mol. The number of pyridine rings is 1. The first kappa shape index (κ1) is 25.5. The van der Waals surface area contributed by atoms with Crippen molar-refractivity contribution in [3.8, 4) is 0 Å². The molecule has 4 N–H and O–H groups in total. The van der Waals surface area contributed by atoms with Crippen LogP contribution >= 0.6 is 0 Å². The summed E-state index contributed by atoms with van der Waals surface area (Å²) < 4.78 is 48.4. The normalized spacial score (nSPS) is 25.1. The SMILES string of the molecule is O=C(NCc1cccnc1)Nc1ccc(S(=O)(=O)NC2CCCNC2OC2CCC(F)CC2)cc1. The van der Waals surface area contributed by atoms with Gasteiger partial charge in [-0.05, 0) is 81.0 Å². The monoisotopic (exact) mass is 505 g/mol. The highest BCUT2D eigenvalue weighted by Crippen LogP contribution is 2.26. The first-order chi connectivity index (χ1) is 16.9. The van der Waals surface area contributed by atoms with Crippen LogP contribution in [-0.4, -0.2) is 50.5 Å². The Labute approximate surface area is 205 Å². The van der Waals surface area contributed by atoms with Crippen molar-refractivity contribution in [2.75, 3.05) is 11.9 Å². The van der Waals surface area contributed by atoms with Gasteiger partial charge in [-0.1, -0.05) is 6.07 Å². The molecule has 0 bridgehead atoms. The number of urea groups is 1. The van der Waals surface area contributed by atoms with Gasteiger partial charge in [0.2, 0.25) is 10.0 Å². The van der Waals surface area contributed by atoms with E-state index in [9.17, 15) is 17.6 Å². The summed E-state index contributed by atoms with van der Waals surface area (Å²) in [5.74, 6) is 0. The zero-order chi connectivity index (χ0) is 24.7. The predicted octanol–water partition coefficient (Wildman–Crippen LogP) is 3.06. The third-order valence-corrected chi connectivity index (χ3v) is 7.76. The van der Waals surface area contributed by atoms with E-state index < -0.39 is 34.5 Å². The van der Waals surface area contributed by atoms with Gasteiger partial charge in [0.25, 0.3) is 0 Å². The van der Waals surface area contributed by atoms with Gasteiger partial charge in [0, 0.05) is 24.6 Å². The summed E-state index contributed by atoms with van der Waals surface area (Å²) in [6, 6.07) is 8.80. The highest BCUT2D eigenvalue weighted by molar-refractivity contribution is 7.89. The summed E-state index contributed by atoms with van der Waals surface area (Å²) in [5, 5.41) is 8.67. The van der Waals surface area contributed by atoms with Crippen LogP contribution in [0, 0.1) is 0 Å². The van der Waals surface area contributed by atoms with Gasteiger partial charge in [0.15, 0.2) is 0 Å². The summed E-state index contributed by atoms with van der Waals surface area (Å²) >= 11 is 0. The second-order valence-electron chi connectivity index (χ2n) is 8.95. The van der Waals surface area contributed by atoms with Gasteiger partial charge in [0.05, 0.1) is 17.0 Å². The topological polar surface area (TPSA) is 121 Å². The molecule has 1 aliphatic carbocycles. The van der Waals surface area contributed by atoms with Crippen molar-refractivity contribution in [3.05, 3.63) is 54.4 Å². The Morgan fingerprint density at radius 2 is 1.89 bits per heavy atom. The standard InChI is InChI=1S/C24H32FN5O4S/c25-18-5-9-20(10-6-18)34-23-22(4-2-14-27-23)30-35(32,33)21-11-7-19(8-12-21)29-24(31)28-16-17-3-1-13-26-15-17/h1,3,7-8,11-13,15,18,20,22-23,27,30H,2,4-6,9-10,14,16H2,(H2,28,29,31). The van der Waals surface area contributed by atoms with E-state index in [1.807, 2.05) is 6.07 Å². The number of ether oxygens (including phenoxy) is 1. The Balaban J connectivity index is 1.31. The van der Waals surface area contributed by atoms with Crippen molar-refractivity contribution >= 4 is 21.7 Å². The van der Waals surface area contributed by atoms with E-state index in [0.717, 1.165) is 18.5 Å². The highest BCUT2D eigenvalue weighted by Gasteiger charge is 2.33. The molecule has 1 aromatic carbocycles. The summed E-state index contributed by atoms with van der Waals surface area (Å²) in [7, 11) is -3.80. The van der Waals surface area contributed by atoms with Crippen LogP contribution in [0.3, 0.4) is 0 Å². The molecule has 1 aromatic heterocycles. The van der Waals surface area contributed by atoms with E-state index in [0.29, 0.717) is 44.3 Å². The second-order valence-corrected chi connectivity index (χ2v) is 10.7. The fraction of sp³-hybridized carbons (Fsp3) is 0.500. The molecule has 0 radical (unpaired) electrons. The highest BCUT2D eigenvalue weighted by atomic mass is 32.2. The van der Waals surface area contributed by atoms with Crippen LogP contribution in [0.4, 0.5) is 14.9 Å². The molecule has 2 aromatic rings. The van der Waals surface area contributed by atoms with Gasteiger partial charge in [-0.15, -0.1) is 0 Å². The quantitative estimate of drug-likeness (QED) is 0.438. The maximum absolute atomic E-state index is 13.4. The van der Waals surface area contributed by atoms with Gasteiger partial charge in [-0.25, -0.2) is 22.3 Å². The predicted molar refractivity (Wildman–Crippen MR) is 130 cm³/mol. The fourth-order valence-corrected chi connectivity index (χ4v) is 5.60. The molecule has 9 nitrogen and oxygen atoms in total. The van der Waals surface area contributed by atoms with Crippen LogP contribution in [-0.2, 0) is 21.3 Å². The summed E-state index contributed by atoms with van der Waals surface area (Å²) in [6.45, 7) is 1.06. The van der Waals surface area contributed by atoms with Crippen LogP contribution in [0.15, 0.2) is 53.7 Å². The molecule has 35 heavy (non-hydrogen) atoms. The lowest BCUT2D eigenvalue weighted by molar-refractivity contribution is -0.0746. The Kier molecular flexibility index (Phi) is 8.66. The smallest absolute Gasteiger partial charge is 0.319 e. The average Bonchev–Trinajstić information content (AvgIpc) is 2.86. The number of alkyl halides is 1. The zero-order valence-electron chi connectivity index (χ0n) is 19.5. The van der Waals surface area contributed by atoms with Crippen molar-refractivity contribution in [1.82, 2.24) is 20.3 Å². The zero-order valence-corrected chi connectivity index (χ0v) is 20.3. The number of benzene rings is 1. The van der Waals surface area contributed by atoms with Gasteiger partial charge in [-0.3, -0.25) is 10.3 Å². The van der Waals surface area contributed by atoms with E-state index in [1.165, 1.54) is 12.1 Å². The van der Waals surface area contributed by atoms with E-state index in [-0.39, 0.29) is 11.0 Å². The lowest BCUT2D eigenvalue weighted by atomic mass is 9.96. The minimum Gasteiger partial charge on any atom is -0.358 e. The van der Waals surface area contributed by atoms with E-state index in [2.05, 4.69) is 25.7 Å². The second kappa shape index (κ2) is 11.9. The number of halogens is 1. The number of nitrogens with zero attached hydrogens (tertiary/aromatic N) is 1. The number of hydrogen-bond acceptors (Lipinski definition) is 6. The number of carbonyl (C=O) groups excluding carboxylic acids is 1. The van der Waals surface area contributed by atoms with Crippen molar-refractivity contribution in [3.63, 3.8) is 0 Å². The van der Waals surface area contributed by atoms with Gasteiger partial charge in [0.1, 0.15) is 12.4 Å². The Morgan fingerprint density at radius 3 is 2.60 bits per heavy atom. The number of nitrogens with one attached hydrogen (secondary N) is 4. The molecule has 1 aliphatic heterocycles. The van der Waals surface area contributed by atoms with Gasteiger partial charge in [-0.2, -0.15) is 0 Å². The largest absolute Gasteiger partial charge is 0.358 e. The Hall–Kier alpha value is -2.60. The van der Waals surface area contributed by atoms with Crippen LogP contribution in [0.2, 0.25) is 0 Å². The molecule has 11 heteroatoms. The van der Waals surface area contributed by atoms with Crippen molar-refractivity contribution in [1.29, 1.82) is 0 Å². The molecule has 1 saturated carbocycles. The molecule has 4 rings (SSSR count). The number of piperidine rings is 1. The number of anilines is 1. The maximum atomic E-state index is 13.4. The number of rotatable bonds is 8. The molecular formula is C24H32FN5O4S. The molecule has 2 heterocycles. The minimum atomic E-state index is -3.80. The Bertz CT molecular complexity index is 1060. The van der Waals surface area contributed by atoms with Crippen molar-refractivity contribution in [2.45, 2.75) is 74.5 Å². The van der Waals surface area contributed by atoms with E-state index >= 15 is 0 Å². The summed E-state index contributed by atoms with van der Waals surface area (Å²) in [6.07, 6.45) is 5.74. The van der Waals surface area contributed by atoms with Crippen molar-refractivity contribution < 1.29 is 22.3 Å². The van der Waals surface area contributed by atoms with Crippen molar-refractivity contribution in [2.24, 2.45) is 0 Å². The molecule has 2 amide bonds. The van der Waals surface area contributed by atoms with E-state index in [1.54, 1.807) is 30.6 Å². The molecule has 2 fully saturated rings. The fourth-order valence-electron chi connectivity index (χ4n) is 4.33. The molecule has 2 atom stereocenters. The third-order valence-electron chi connectivity index (χ3n) is 6.25. The first-order valence-electron chi connectivity index (χ1n) is 12.0. The summed E-state index contributed by atoms with van der Waals surface area (Å²) in [4.78, 5) is 16.2. The third kappa shape index (κ3) is 7.44. The maximum Gasteiger partial charge on any atom is 0.319 e. The lowest BCUT2D eigenvalue weighted by Crippen LogP contribution is -2.55.